The van der Waals surface area contributed by atoms with Gasteiger partial charge in [-0.15, -0.1) is 0 Å². The Morgan fingerprint density at radius 2 is 1.69 bits per heavy atom. The molecule has 26 heavy (non-hydrogen) atoms. The van der Waals surface area contributed by atoms with Crippen molar-refractivity contribution in [2.45, 2.75) is 50.7 Å². The van der Waals surface area contributed by atoms with Crippen molar-refractivity contribution in [3.63, 3.8) is 0 Å². The smallest absolute Gasteiger partial charge is 0.399 e. The van der Waals surface area contributed by atoms with Gasteiger partial charge in [0, 0.05) is 24.4 Å². The van der Waals surface area contributed by atoms with E-state index in [9.17, 15) is 8.42 Å². The van der Waals surface area contributed by atoms with Gasteiger partial charge in [0.25, 0.3) is 0 Å². The van der Waals surface area contributed by atoms with Crippen LogP contribution in [-0.2, 0) is 19.3 Å². The fourth-order valence-corrected chi connectivity index (χ4v) is 3.67. The van der Waals surface area contributed by atoms with Crippen molar-refractivity contribution in [3.8, 4) is 5.69 Å². The Hall–Kier alpha value is -1.68. The normalized spacial score (nSPS) is 19.0. The summed E-state index contributed by atoms with van der Waals surface area (Å²) in [5.41, 5.74) is 0.737. The van der Waals surface area contributed by atoms with E-state index < -0.39 is 28.3 Å². The summed E-state index contributed by atoms with van der Waals surface area (Å²) < 4.78 is 40.2. The highest BCUT2D eigenvalue weighted by molar-refractivity contribution is 7.89. The molecule has 0 aliphatic carbocycles. The van der Waals surface area contributed by atoms with Gasteiger partial charge in [-0.2, -0.15) is 5.10 Å². The van der Waals surface area contributed by atoms with E-state index in [0.717, 1.165) is 11.2 Å². The van der Waals surface area contributed by atoms with Crippen LogP contribution in [0, 0.1) is 0 Å². The van der Waals surface area contributed by atoms with E-state index in [1.54, 1.807) is 42.1 Å². The standard InChI is InChI=1S/C17H24BN3O4S/c1-6-20-26(22,23)15-9-7-14(8-10-15)21-12-13(11-19-21)18-24-16(2,3)17(4,5)25-18/h7-12,20H,6H2,1-5H3. The average Bonchev–Trinajstić information content (AvgIpc) is 3.11. The lowest BCUT2D eigenvalue weighted by Gasteiger charge is -2.32. The first-order chi connectivity index (χ1) is 12.1. The van der Waals surface area contributed by atoms with Gasteiger partial charge in [0.2, 0.25) is 10.0 Å². The highest BCUT2D eigenvalue weighted by Gasteiger charge is 2.52. The first kappa shape index (κ1) is 19.1. The topological polar surface area (TPSA) is 82.5 Å². The summed E-state index contributed by atoms with van der Waals surface area (Å²) in [6.07, 6.45) is 3.53. The molecule has 0 atom stereocenters. The molecule has 9 heteroatoms. The molecule has 0 radical (unpaired) electrons. The maximum atomic E-state index is 12.0. The highest BCUT2D eigenvalue weighted by atomic mass is 32.2. The van der Waals surface area contributed by atoms with Crippen LogP contribution in [0.2, 0.25) is 0 Å². The molecular weight excluding hydrogens is 353 g/mol. The van der Waals surface area contributed by atoms with E-state index in [1.165, 1.54) is 0 Å². The van der Waals surface area contributed by atoms with Gasteiger partial charge < -0.3 is 9.31 Å². The summed E-state index contributed by atoms with van der Waals surface area (Å²) in [6.45, 7) is 10.1. The van der Waals surface area contributed by atoms with Crippen molar-refractivity contribution in [2.24, 2.45) is 0 Å². The van der Waals surface area contributed by atoms with Crippen LogP contribution in [0.1, 0.15) is 34.6 Å². The van der Waals surface area contributed by atoms with Crippen LogP contribution in [0.4, 0.5) is 0 Å². The molecule has 0 unspecified atom stereocenters. The van der Waals surface area contributed by atoms with Crippen molar-refractivity contribution in [2.75, 3.05) is 6.54 Å². The summed E-state index contributed by atoms with van der Waals surface area (Å²) >= 11 is 0. The SMILES string of the molecule is CCNS(=O)(=O)c1ccc(-n2cc(B3OC(C)(C)C(C)(C)O3)cn2)cc1. The van der Waals surface area contributed by atoms with Crippen molar-refractivity contribution >= 4 is 22.6 Å². The predicted molar refractivity (Wildman–Crippen MR) is 100 cm³/mol. The Bertz CT molecular complexity index is 875. The molecule has 7 nitrogen and oxygen atoms in total. The summed E-state index contributed by atoms with van der Waals surface area (Å²) in [5, 5.41) is 4.35. The zero-order valence-electron chi connectivity index (χ0n) is 15.7. The molecule has 1 saturated heterocycles. The third kappa shape index (κ3) is 3.44. The molecule has 2 heterocycles. The molecule has 1 aromatic carbocycles. The molecule has 1 N–H and O–H groups in total. The highest BCUT2D eigenvalue weighted by Crippen LogP contribution is 2.36. The van der Waals surface area contributed by atoms with Crippen molar-refractivity contribution < 1.29 is 17.7 Å². The maximum absolute atomic E-state index is 12.0. The Morgan fingerprint density at radius 3 is 2.23 bits per heavy atom. The molecule has 2 aromatic rings. The summed E-state index contributed by atoms with van der Waals surface area (Å²) in [4.78, 5) is 0.224. The lowest BCUT2D eigenvalue weighted by Crippen LogP contribution is -2.41. The number of nitrogens with one attached hydrogen (secondary N) is 1. The second-order valence-electron chi connectivity index (χ2n) is 7.30. The quantitative estimate of drug-likeness (QED) is 0.798. The van der Waals surface area contributed by atoms with Gasteiger partial charge in [0.1, 0.15) is 0 Å². The fraction of sp³-hybridized carbons (Fsp3) is 0.471. The largest absolute Gasteiger partial charge is 0.498 e. The second-order valence-corrected chi connectivity index (χ2v) is 9.07. The molecule has 1 fully saturated rings. The zero-order chi connectivity index (χ0) is 19.2. The van der Waals surface area contributed by atoms with Crippen molar-refractivity contribution in [3.05, 3.63) is 36.7 Å². The third-order valence-corrected chi connectivity index (χ3v) is 6.44. The number of nitrogens with zero attached hydrogens (tertiary/aromatic N) is 2. The molecular formula is C17H24BN3O4S. The van der Waals surface area contributed by atoms with E-state index in [1.807, 2.05) is 33.9 Å². The summed E-state index contributed by atoms with van der Waals surface area (Å²) in [6, 6.07) is 6.55. The maximum Gasteiger partial charge on any atom is 0.498 e. The minimum Gasteiger partial charge on any atom is -0.399 e. The number of sulfonamides is 1. The molecule has 0 spiro atoms. The first-order valence-corrected chi connectivity index (χ1v) is 10.0. The van der Waals surface area contributed by atoms with E-state index in [-0.39, 0.29) is 4.90 Å². The molecule has 1 aromatic heterocycles. The van der Waals surface area contributed by atoms with E-state index in [0.29, 0.717) is 6.54 Å². The molecule has 1 aliphatic rings. The molecule has 0 amide bonds. The minimum absolute atomic E-state index is 0.224. The lowest BCUT2D eigenvalue weighted by molar-refractivity contribution is 0.00578. The number of hydrogen-bond donors (Lipinski definition) is 1. The van der Waals surface area contributed by atoms with Crippen LogP contribution >= 0.6 is 0 Å². The molecule has 0 saturated carbocycles. The van der Waals surface area contributed by atoms with Crippen LogP contribution in [0.3, 0.4) is 0 Å². The minimum atomic E-state index is -3.46. The number of rotatable bonds is 5. The first-order valence-electron chi connectivity index (χ1n) is 8.56. The molecule has 3 rings (SSSR count). The Kier molecular flexibility index (Phi) is 4.77. The average molecular weight is 377 g/mol. The summed E-state index contributed by atoms with van der Waals surface area (Å²) in [7, 11) is -3.95. The predicted octanol–water partition coefficient (Wildman–Crippen LogP) is 1.47. The number of benzene rings is 1. The summed E-state index contributed by atoms with van der Waals surface area (Å²) in [5.74, 6) is 0. The Morgan fingerprint density at radius 1 is 1.12 bits per heavy atom. The van der Waals surface area contributed by atoms with Crippen LogP contribution in [0.5, 0.6) is 0 Å². The van der Waals surface area contributed by atoms with Crippen LogP contribution in [0.25, 0.3) is 5.69 Å². The third-order valence-electron chi connectivity index (χ3n) is 4.87. The number of hydrogen-bond acceptors (Lipinski definition) is 5. The molecule has 1 aliphatic heterocycles. The Balaban J connectivity index is 1.81. The van der Waals surface area contributed by atoms with Gasteiger partial charge >= 0.3 is 7.12 Å². The van der Waals surface area contributed by atoms with Gasteiger partial charge in [-0.25, -0.2) is 17.8 Å². The van der Waals surface area contributed by atoms with E-state index in [2.05, 4.69) is 9.82 Å². The lowest BCUT2D eigenvalue weighted by atomic mass is 9.82. The molecule has 0 bridgehead atoms. The van der Waals surface area contributed by atoms with Crippen molar-refractivity contribution in [1.82, 2.24) is 14.5 Å². The van der Waals surface area contributed by atoms with Gasteiger partial charge in [-0.05, 0) is 52.0 Å². The second kappa shape index (κ2) is 6.49. The fourth-order valence-electron chi connectivity index (χ4n) is 2.63. The van der Waals surface area contributed by atoms with Gasteiger partial charge in [0.05, 0.1) is 21.8 Å². The van der Waals surface area contributed by atoms with Crippen molar-refractivity contribution in [1.29, 1.82) is 0 Å². The van der Waals surface area contributed by atoms with E-state index in [4.69, 9.17) is 9.31 Å². The van der Waals surface area contributed by atoms with Gasteiger partial charge in [0.15, 0.2) is 0 Å². The van der Waals surface area contributed by atoms with Gasteiger partial charge in [-0.1, -0.05) is 6.92 Å². The monoisotopic (exact) mass is 377 g/mol. The number of aromatic nitrogens is 2. The van der Waals surface area contributed by atoms with Crippen LogP contribution in [0.15, 0.2) is 41.6 Å². The van der Waals surface area contributed by atoms with Crippen LogP contribution < -0.4 is 10.2 Å². The van der Waals surface area contributed by atoms with Gasteiger partial charge in [-0.3, -0.25) is 0 Å². The Labute approximate surface area is 154 Å². The molecule has 140 valence electrons. The van der Waals surface area contributed by atoms with Crippen LogP contribution in [-0.4, -0.2) is 43.1 Å². The van der Waals surface area contributed by atoms with E-state index >= 15 is 0 Å². The zero-order valence-corrected chi connectivity index (χ0v) is 16.5.